The molecule has 0 aliphatic carbocycles. The van der Waals surface area contributed by atoms with Gasteiger partial charge in [0.1, 0.15) is 13.1 Å². The Morgan fingerprint density at radius 3 is 0.947 bits per heavy atom. The van der Waals surface area contributed by atoms with Crippen molar-refractivity contribution in [3.05, 3.63) is 60.2 Å². The number of hydrogen-bond donors (Lipinski definition) is 0. The molecule has 2 rings (SSSR count). The second kappa shape index (κ2) is 23.2. The molecule has 0 saturated carbocycles. The van der Waals surface area contributed by atoms with Crippen LogP contribution in [0, 0.1) is 0 Å². The van der Waals surface area contributed by atoms with E-state index in [0.717, 1.165) is 0 Å². The lowest BCUT2D eigenvalue weighted by Crippen LogP contribution is -2.32. The third kappa shape index (κ3) is 17.0. The first kappa shape index (κ1) is 32.5. The molecule has 0 unspecified atom stereocenters. The van der Waals surface area contributed by atoms with E-state index in [1.165, 1.54) is 165 Å². The van der Waals surface area contributed by atoms with Crippen LogP contribution in [0.2, 0.25) is 0 Å². The van der Waals surface area contributed by atoms with E-state index >= 15 is 0 Å². The summed E-state index contributed by atoms with van der Waals surface area (Å²) in [6.07, 6.45) is 39.4. The standard InChI is InChI=1S/C36H62N2/c1-3-5-19-23-35-25-31-37(32-26-35)29-21-17-15-13-11-9-7-8-10-12-14-16-18-22-30-38-33-27-36(28-34-38)24-20-6-4-2/h25-28,31-34H,3-24,29-30H2,1-2H3/q+2. The Kier molecular flexibility index (Phi) is 19.9. The monoisotopic (exact) mass is 522 g/mol. The van der Waals surface area contributed by atoms with Crippen LogP contribution in [0.1, 0.15) is 153 Å². The largest absolute Gasteiger partial charge is 0.205 e. The molecule has 0 spiro atoms. The second-order valence-electron chi connectivity index (χ2n) is 11.8. The van der Waals surface area contributed by atoms with E-state index in [9.17, 15) is 0 Å². The summed E-state index contributed by atoms with van der Waals surface area (Å²) >= 11 is 0. The predicted octanol–water partition coefficient (Wildman–Crippen LogP) is 9.89. The fourth-order valence-corrected chi connectivity index (χ4v) is 5.48. The van der Waals surface area contributed by atoms with E-state index in [4.69, 9.17) is 0 Å². The average molecular weight is 523 g/mol. The molecule has 0 aromatic carbocycles. The number of aromatic nitrogens is 2. The van der Waals surface area contributed by atoms with E-state index in [1.807, 2.05) is 0 Å². The number of aryl methyl sites for hydroxylation is 4. The normalized spacial score (nSPS) is 11.3. The van der Waals surface area contributed by atoms with Crippen LogP contribution >= 0.6 is 0 Å². The lowest BCUT2D eigenvalue weighted by Gasteiger charge is -2.04. The lowest BCUT2D eigenvalue weighted by molar-refractivity contribution is -0.697. The van der Waals surface area contributed by atoms with Crippen LogP contribution in [0.3, 0.4) is 0 Å². The maximum atomic E-state index is 2.37. The van der Waals surface area contributed by atoms with E-state index in [0.29, 0.717) is 0 Å². The highest BCUT2D eigenvalue weighted by atomic mass is 14.9. The SMILES string of the molecule is CCCCCc1cc[n+](CCCCCCCCCCCCCCCC[n+]2ccc(CCCCC)cc2)cc1. The van der Waals surface area contributed by atoms with Crippen molar-refractivity contribution in [2.24, 2.45) is 0 Å². The van der Waals surface area contributed by atoms with Crippen LogP contribution < -0.4 is 9.13 Å². The zero-order valence-electron chi connectivity index (χ0n) is 25.5. The molecule has 0 aliphatic rings. The fraction of sp³-hybridized carbons (Fsp3) is 0.722. The Hall–Kier alpha value is -1.70. The van der Waals surface area contributed by atoms with Gasteiger partial charge in [0.25, 0.3) is 0 Å². The van der Waals surface area contributed by atoms with Crippen molar-refractivity contribution in [3.63, 3.8) is 0 Å². The molecule has 2 heteroatoms. The van der Waals surface area contributed by atoms with Gasteiger partial charge < -0.3 is 0 Å². The molecule has 2 heterocycles. The average Bonchev–Trinajstić information content (AvgIpc) is 2.94. The summed E-state index contributed by atoms with van der Waals surface area (Å²) in [5, 5.41) is 0. The molecule has 2 aromatic heterocycles. The molecular formula is C36H62N2+2. The van der Waals surface area contributed by atoms with Gasteiger partial charge >= 0.3 is 0 Å². The number of unbranched alkanes of at least 4 members (excludes halogenated alkanes) is 17. The zero-order chi connectivity index (χ0) is 26.9. The van der Waals surface area contributed by atoms with Gasteiger partial charge in [0.05, 0.1) is 0 Å². The van der Waals surface area contributed by atoms with Gasteiger partial charge in [0.2, 0.25) is 0 Å². The van der Waals surface area contributed by atoms with Crippen molar-refractivity contribution < 1.29 is 9.13 Å². The van der Waals surface area contributed by atoms with Crippen LogP contribution in [-0.4, -0.2) is 0 Å². The number of nitrogens with zero attached hydrogens (tertiary/aromatic N) is 2. The van der Waals surface area contributed by atoms with E-state index in [1.54, 1.807) is 0 Å². The van der Waals surface area contributed by atoms with Crippen molar-refractivity contribution in [3.8, 4) is 0 Å². The summed E-state index contributed by atoms with van der Waals surface area (Å²) in [5.74, 6) is 0. The smallest absolute Gasteiger partial charge is 0.169 e. The highest BCUT2D eigenvalue weighted by Gasteiger charge is 2.03. The minimum absolute atomic E-state index is 1.18. The topological polar surface area (TPSA) is 7.76 Å². The maximum Gasteiger partial charge on any atom is 0.169 e. The molecular weight excluding hydrogens is 460 g/mol. The first-order valence-corrected chi connectivity index (χ1v) is 16.8. The lowest BCUT2D eigenvalue weighted by atomic mass is 10.0. The molecule has 2 aromatic rings. The van der Waals surface area contributed by atoms with Gasteiger partial charge in [0.15, 0.2) is 24.8 Å². The highest BCUT2D eigenvalue weighted by molar-refractivity contribution is 5.07. The van der Waals surface area contributed by atoms with Crippen LogP contribution in [0.4, 0.5) is 0 Å². The molecule has 214 valence electrons. The highest BCUT2D eigenvalue weighted by Crippen LogP contribution is 2.13. The van der Waals surface area contributed by atoms with E-state index in [2.05, 4.69) is 72.0 Å². The summed E-state index contributed by atoms with van der Waals surface area (Å²) in [6, 6.07) is 9.30. The number of hydrogen-bond acceptors (Lipinski definition) is 0. The quantitative estimate of drug-likeness (QED) is 0.0905. The van der Waals surface area contributed by atoms with Gasteiger partial charge in [-0.3, -0.25) is 0 Å². The van der Waals surface area contributed by atoms with Crippen LogP contribution in [0.5, 0.6) is 0 Å². The van der Waals surface area contributed by atoms with Crippen molar-refractivity contribution in [2.75, 3.05) is 0 Å². The molecule has 0 amide bonds. The molecule has 2 nitrogen and oxygen atoms in total. The van der Waals surface area contributed by atoms with Crippen molar-refractivity contribution in [1.29, 1.82) is 0 Å². The van der Waals surface area contributed by atoms with Gasteiger partial charge in [-0.05, 0) is 49.7 Å². The molecule has 0 atom stereocenters. The Bertz CT molecular complexity index is 697. The van der Waals surface area contributed by atoms with Crippen molar-refractivity contribution >= 4 is 0 Å². The Morgan fingerprint density at radius 2 is 0.658 bits per heavy atom. The van der Waals surface area contributed by atoms with Gasteiger partial charge in [-0.15, -0.1) is 0 Å². The number of rotatable bonds is 25. The summed E-state index contributed by atoms with van der Waals surface area (Å²) in [6.45, 7) is 6.91. The number of pyridine rings is 2. The van der Waals surface area contributed by atoms with Gasteiger partial charge in [0, 0.05) is 37.1 Å². The van der Waals surface area contributed by atoms with Crippen LogP contribution in [0.25, 0.3) is 0 Å². The van der Waals surface area contributed by atoms with Crippen LogP contribution in [0.15, 0.2) is 49.1 Å². The third-order valence-electron chi connectivity index (χ3n) is 8.14. The van der Waals surface area contributed by atoms with Crippen molar-refractivity contribution in [1.82, 2.24) is 0 Å². The minimum atomic E-state index is 1.18. The van der Waals surface area contributed by atoms with E-state index in [-0.39, 0.29) is 0 Å². The first-order valence-electron chi connectivity index (χ1n) is 16.8. The molecule has 0 bridgehead atoms. The third-order valence-corrected chi connectivity index (χ3v) is 8.14. The van der Waals surface area contributed by atoms with E-state index < -0.39 is 0 Å². The summed E-state index contributed by atoms with van der Waals surface area (Å²) in [7, 11) is 0. The summed E-state index contributed by atoms with van der Waals surface area (Å²) in [5.41, 5.74) is 3.00. The minimum Gasteiger partial charge on any atom is -0.205 e. The molecule has 0 radical (unpaired) electrons. The molecule has 38 heavy (non-hydrogen) atoms. The van der Waals surface area contributed by atoms with Gasteiger partial charge in [-0.1, -0.05) is 104 Å². The van der Waals surface area contributed by atoms with Crippen molar-refractivity contribution in [2.45, 2.75) is 168 Å². The zero-order valence-corrected chi connectivity index (χ0v) is 25.5. The second-order valence-corrected chi connectivity index (χ2v) is 11.8. The van der Waals surface area contributed by atoms with Gasteiger partial charge in [-0.2, -0.15) is 0 Å². The van der Waals surface area contributed by atoms with Crippen LogP contribution in [-0.2, 0) is 25.9 Å². The summed E-state index contributed by atoms with van der Waals surface area (Å²) < 4.78 is 4.74. The first-order chi connectivity index (χ1) is 18.8. The molecule has 0 fully saturated rings. The fourth-order valence-electron chi connectivity index (χ4n) is 5.48. The van der Waals surface area contributed by atoms with Gasteiger partial charge in [-0.25, -0.2) is 9.13 Å². The Labute approximate surface area is 237 Å². The molecule has 0 aliphatic heterocycles. The predicted molar refractivity (Wildman–Crippen MR) is 164 cm³/mol. The Balaban J connectivity index is 1.30. The Morgan fingerprint density at radius 1 is 0.368 bits per heavy atom. The maximum absolute atomic E-state index is 2.37. The molecule has 0 N–H and O–H groups in total. The summed E-state index contributed by atoms with van der Waals surface area (Å²) in [4.78, 5) is 0. The molecule has 0 saturated heterocycles.